The van der Waals surface area contributed by atoms with Gasteiger partial charge in [-0.15, -0.1) is 0 Å². The number of hydrogen-bond donors (Lipinski definition) is 1. The molecule has 0 spiro atoms. The Labute approximate surface area is 172 Å². The minimum absolute atomic E-state index is 0.0592. The van der Waals surface area contributed by atoms with Crippen molar-refractivity contribution in [1.82, 2.24) is 4.90 Å². The van der Waals surface area contributed by atoms with Crippen LogP contribution in [0, 0.1) is 23.2 Å². The minimum atomic E-state index is -0.688. The average Bonchev–Trinajstić information content (AvgIpc) is 2.95. The molecule has 9 heteroatoms. The number of nitrogens with zero attached hydrogens (tertiary/aromatic N) is 2. The normalized spacial score (nSPS) is 20.2. The van der Waals surface area contributed by atoms with Crippen molar-refractivity contribution in [1.29, 1.82) is 5.26 Å². The molecule has 2 aliphatic rings. The molecule has 150 valence electrons. The number of esters is 1. The first-order chi connectivity index (χ1) is 13.9. The number of benzene rings is 1. The number of hydrogen-bond acceptors (Lipinski definition) is 6. The van der Waals surface area contributed by atoms with Gasteiger partial charge in [0.2, 0.25) is 11.8 Å². The number of rotatable bonds is 6. The van der Waals surface area contributed by atoms with Crippen molar-refractivity contribution in [2.45, 2.75) is 19.3 Å². The summed E-state index contributed by atoms with van der Waals surface area (Å²) < 4.78 is 4.90. The highest BCUT2D eigenvalue weighted by atomic mass is 35.5. The van der Waals surface area contributed by atoms with E-state index in [1.54, 1.807) is 0 Å². The Hall–Kier alpha value is -3.18. The standard InChI is InChI=1S/C20H18ClN3O5/c21-16-9-13(6-5-12(16)10-22)23-17(25)11-29-18(26)7-8-24-19(27)14-3-1-2-4-15(14)20(24)28/h1-2,5-6,9,14-15H,3-4,7-8,11H2,(H,23,25)/t14-,15+. The van der Waals surface area contributed by atoms with E-state index >= 15 is 0 Å². The van der Waals surface area contributed by atoms with E-state index in [9.17, 15) is 19.2 Å². The van der Waals surface area contributed by atoms with Gasteiger partial charge in [0.05, 0.1) is 28.8 Å². The number of carbonyl (C=O) groups is 4. The monoisotopic (exact) mass is 415 g/mol. The summed E-state index contributed by atoms with van der Waals surface area (Å²) in [6, 6.07) is 6.28. The van der Waals surface area contributed by atoms with Gasteiger partial charge in [0.25, 0.3) is 5.91 Å². The van der Waals surface area contributed by atoms with Crippen LogP contribution in [0.5, 0.6) is 0 Å². The zero-order valence-electron chi connectivity index (χ0n) is 15.4. The number of fused-ring (bicyclic) bond motifs is 1. The smallest absolute Gasteiger partial charge is 0.308 e. The van der Waals surface area contributed by atoms with Gasteiger partial charge in [0.15, 0.2) is 6.61 Å². The predicted molar refractivity (Wildman–Crippen MR) is 102 cm³/mol. The Balaban J connectivity index is 1.44. The highest BCUT2D eigenvalue weighted by molar-refractivity contribution is 6.32. The number of allylic oxidation sites excluding steroid dienone is 2. The molecule has 3 amide bonds. The molecule has 1 saturated heterocycles. The zero-order valence-corrected chi connectivity index (χ0v) is 16.1. The van der Waals surface area contributed by atoms with Crippen LogP contribution in [0.1, 0.15) is 24.8 Å². The average molecular weight is 416 g/mol. The van der Waals surface area contributed by atoms with E-state index in [1.807, 2.05) is 18.2 Å². The highest BCUT2D eigenvalue weighted by Gasteiger charge is 2.46. The van der Waals surface area contributed by atoms with Crippen LogP contribution in [0.25, 0.3) is 0 Å². The van der Waals surface area contributed by atoms with Crippen LogP contribution >= 0.6 is 11.6 Å². The third-order valence-corrected chi connectivity index (χ3v) is 5.19. The number of ether oxygens (including phenoxy) is 1. The molecule has 0 bridgehead atoms. The molecule has 1 aromatic carbocycles. The van der Waals surface area contributed by atoms with Gasteiger partial charge in [0, 0.05) is 12.2 Å². The molecule has 1 fully saturated rings. The maximum atomic E-state index is 12.3. The topological polar surface area (TPSA) is 117 Å². The Morgan fingerprint density at radius 2 is 1.86 bits per heavy atom. The lowest BCUT2D eigenvalue weighted by Crippen LogP contribution is -2.33. The second-order valence-corrected chi connectivity index (χ2v) is 7.16. The molecule has 0 unspecified atom stereocenters. The van der Waals surface area contributed by atoms with E-state index in [1.165, 1.54) is 18.2 Å². The van der Waals surface area contributed by atoms with Crippen LogP contribution in [0.15, 0.2) is 30.4 Å². The van der Waals surface area contributed by atoms with E-state index in [0.717, 1.165) is 4.90 Å². The first kappa shape index (κ1) is 20.6. The minimum Gasteiger partial charge on any atom is -0.456 e. The van der Waals surface area contributed by atoms with Crippen LogP contribution in [-0.2, 0) is 23.9 Å². The van der Waals surface area contributed by atoms with Crippen molar-refractivity contribution in [3.05, 3.63) is 40.9 Å². The summed E-state index contributed by atoms with van der Waals surface area (Å²) in [6.45, 7) is -0.579. The number of carbonyl (C=O) groups excluding carboxylic acids is 4. The van der Waals surface area contributed by atoms with Crippen molar-refractivity contribution in [3.63, 3.8) is 0 Å². The highest BCUT2D eigenvalue weighted by Crippen LogP contribution is 2.35. The number of halogens is 1. The van der Waals surface area contributed by atoms with Crippen molar-refractivity contribution in [3.8, 4) is 6.07 Å². The summed E-state index contributed by atoms with van der Waals surface area (Å²) in [5.41, 5.74) is 0.636. The Morgan fingerprint density at radius 1 is 1.21 bits per heavy atom. The van der Waals surface area contributed by atoms with Crippen molar-refractivity contribution < 1.29 is 23.9 Å². The van der Waals surface area contributed by atoms with Gasteiger partial charge in [-0.2, -0.15) is 5.26 Å². The molecule has 0 aromatic heterocycles. The molecule has 1 aromatic rings. The Morgan fingerprint density at radius 3 is 2.45 bits per heavy atom. The van der Waals surface area contributed by atoms with Gasteiger partial charge in [-0.1, -0.05) is 23.8 Å². The second kappa shape index (κ2) is 8.88. The van der Waals surface area contributed by atoms with E-state index in [2.05, 4.69) is 5.32 Å². The van der Waals surface area contributed by atoms with E-state index in [0.29, 0.717) is 18.5 Å². The Bertz CT molecular complexity index is 911. The van der Waals surface area contributed by atoms with E-state index < -0.39 is 18.5 Å². The first-order valence-corrected chi connectivity index (χ1v) is 9.44. The molecule has 29 heavy (non-hydrogen) atoms. The SMILES string of the molecule is N#Cc1ccc(NC(=O)COC(=O)CCN2C(=O)[C@H]3CC=CC[C@H]3C2=O)cc1Cl. The maximum Gasteiger partial charge on any atom is 0.308 e. The summed E-state index contributed by atoms with van der Waals surface area (Å²) in [6.07, 6.45) is 4.68. The molecule has 0 saturated carbocycles. The van der Waals surface area contributed by atoms with Gasteiger partial charge in [-0.3, -0.25) is 24.1 Å². The summed E-state index contributed by atoms with van der Waals surface area (Å²) in [4.78, 5) is 49.6. The quantitative estimate of drug-likeness (QED) is 0.431. The number of likely N-dealkylation sites (tertiary alicyclic amines) is 1. The van der Waals surface area contributed by atoms with Crippen molar-refractivity contribution in [2.24, 2.45) is 11.8 Å². The largest absolute Gasteiger partial charge is 0.456 e. The second-order valence-electron chi connectivity index (χ2n) is 6.75. The van der Waals surface area contributed by atoms with Crippen molar-refractivity contribution in [2.75, 3.05) is 18.5 Å². The van der Waals surface area contributed by atoms with Crippen LogP contribution in [0.2, 0.25) is 5.02 Å². The number of anilines is 1. The summed E-state index contributed by atoms with van der Waals surface area (Å²) in [7, 11) is 0. The molecule has 3 rings (SSSR count). The number of nitrogens with one attached hydrogen (secondary N) is 1. The summed E-state index contributed by atoms with van der Waals surface area (Å²) in [5.74, 6) is -2.46. The lowest BCUT2D eigenvalue weighted by molar-refractivity contribution is -0.148. The third kappa shape index (κ3) is 4.63. The van der Waals surface area contributed by atoms with Gasteiger partial charge in [-0.25, -0.2) is 0 Å². The van der Waals surface area contributed by atoms with Gasteiger partial charge in [-0.05, 0) is 31.0 Å². The van der Waals surface area contributed by atoms with Crippen LogP contribution in [0.3, 0.4) is 0 Å². The fourth-order valence-electron chi connectivity index (χ4n) is 3.39. The van der Waals surface area contributed by atoms with Crippen molar-refractivity contribution >= 4 is 41.0 Å². The fourth-order valence-corrected chi connectivity index (χ4v) is 3.61. The van der Waals surface area contributed by atoms with E-state index in [4.69, 9.17) is 21.6 Å². The lowest BCUT2D eigenvalue weighted by atomic mass is 9.85. The molecule has 1 N–H and O–H groups in total. The molecule has 1 aliphatic carbocycles. The molecule has 8 nitrogen and oxygen atoms in total. The molecule has 1 heterocycles. The zero-order chi connectivity index (χ0) is 21.0. The van der Waals surface area contributed by atoms with Crippen LogP contribution in [0.4, 0.5) is 5.69 Å². The molecule has 0 radical (unpaired) electrons. The lowest BCUT2D eigenvalue weighted by Gasteiger charge is -2.14. The van der Waals surface area contributed by atoms with Gasteiger partial charge >= 0.3 is 5.97 Å². The van der Waals surface area contributed by atoms with Gasteiger partial charge < -0.3 is 10.1 Å². The number of imide groups is 1. The van der Waals surface area contributed by atoms with Crippen LogP contribution in [-0.4, -0.2) is 41.7 Å². The molecular weight excluding hydrogens is 398 g/mol. The number of amides is 3. The Kier molecular flexibility index (Phi) is 6.29. The summed E-state index contributed by atoms with van der Waals surface area (Å²) >= 11 is 5.89. The fraction of sp³-hybridized carbons (Fsp3) is 0.350. The predicted octanol–water partition coefficient (Wildman–Crippen LogP) is 2.03. The summed E-state index contributed by atoms with van der Waals surface area (Å²) in [5, 5.41) is 11.5. The van der Waals surface area contributed by atoms with E-state index in [-0.39, 0.29) is 47.2 Å². The number of nitriles is 1. The van der Waals surface area contributed by atoms with Gasteiger partial charge in [0.1, 0.15) is 6.07 Å². The molecular formula is C20H18ClN3O5. The first-order valence-electron chi connectivity index (χ1n) is 9.06. The third-order valence-electron chi connectivity index (χ3n) is 4.88. The molecule has 2 atom stereocenters. The molecule has 1 aliphatic heterocycles. The maximum absolute atomic E-state index is 12.3. The van der Waals surface area contributed by atoms with Crippen LogP contribution < -0.4 is 5.32 Å².